The molecule has 0 saturated heterocycles. The molecule has 1 aliphatic rings. The van der Waals surface area contributed by atoms with Crippen molar-refractivity contribution in [2.45, 2.75) is 70.4 Å². The fourth-order valence-corrected chi connectivity index (χ4v) is 4.68. The third-order valence-electron chi connectivity index (χ3n) is 6.64. The van der Waals surface area contributed by atoms with Gasteiger partial charge in [0.25, 0.3) is 0 Å². The topological polar surface area (TPSA) is 76.1 Å². The molecule has 2 aromatic heterocycles. The number of nitrogens with zero attached hydrogens (tertiary/aromatic N) is 2. The van der Waals surface area contributed by atoms with E-state index in [1.807, 2.05) is 30.5 Å². The van der Waals surface area contributed by atoms with Crippen LogP contribution in [0.2, 0.25) is 0 Å². The van der Waals surface area contributed by atoms with E-state index in [-0.39, 0.29) is 12.0 Å². The number of carbonyl (C=O) groups excluding carboxylic acids is 1. The van der Waals surface area contributed by atoms with E-state index in [9.17, 15) is 4.79 Å². The van der Waals surface area contributed by atoms with Crippen molar-refractivity contribution in [3.63, 3.8) is 0 Å². The number of pyridine rings is 2. The fourth-order valence-electron chi connectivity index (χ4n) is 4.68. The second kappa shape index (κ2) is 12.5. The fraction of sp³-hybridized carbons (Fsp3) is 0.464. The van der Waals surface area contributed by atoms with Crippen LogP contribution < -0.4 is 10.6 Å². The summed E-state index contributed by atoms with van der Waals surface area (Å²) in [4.78, 5) is 21.5. The molecule has 34 heavy (non-hydrogen) atoms. The second-order valence-corrected chi connectivity index (χ2v) is 9.09. The van der Waals surface area contributed by atoms with Crippen molar-refractivity contribution in [1.29, 1.82) is 0 Å². The van der Waals surface area contributed by atoms with Gasteiger partial charge in [-0.3, -0.25) is 9.78 Å². The summed E-state index contributed by atoms with van der Waals surface area (Å²) in [5.74, 6) is 0.898. The summed E-state index contributed by atoms with van der Waals surface area (Å²) in [7, 11) is 1.46. The standard InChI is InChI=1S/C28H36N4O2/c1-34-28(33)26(31-20-22-17-19-29-25-13-8-7-12-24(22)25)14-6-4-2-3-5-11-23-16-15-21-10-9-18-30-27(21)32-23/h7-8,12-13,15-17,19,26,31H,2-6,9-11,14,18,20H2,1H3,(H,30,32)/t26-/m0/s1. The first-order valence-electron chi connectivity index (χ1n) is 12.6. The Hall–Kier alpha value is -2.99. The number of esters is 1. The van der Waals surface area contributed by atoms with Crippen molar-refractivity contribution in [3.05, 3.63) is 65.5 Å². The second-order valence-electron chi connectivity index (χ2n) is 9.09. The number of nitrogens with one attached hydrogen (secondary N) is 2. The molecule has 1 aliphatic heterocycles. The Balaban J connectivity index is 1.17. The summed E-state index contributed by atoms with van der Waals surface area (Å²) < 4.78 is 5.05. The third kappa shape index (κ3) is 6.54. The van der Waals surface area contributed by atoms with E-state index in [1.54, 1.807) is 0 Å². The van der Waals surface area contributed by atoms with Crippen LogP contribution in [-0.4, -0.2) is 35.6 Å². The highest BCUT2D eigenvalue weighted by Gasteiger charge is 2.18. The Morgan fingerprint density at radius 3 is 2.85 bits per heavy atom. The molecule has 0 radical (unpaired) electrons. The van der Waals surface area contributed by atoms with E-state index >= 15 is 0 Å². The van der Waals surface area contributed by atoms with Gasteiger partial charge in [-0.2, -0.15) is 0 Å². The van der Waals surface area contributed by atoms with Gasteiger partial charge in [-0.1, -0.05) is 49.9 Å². The maximum Gasteiger partial charge on any atom is 0.322 e. The van der Waals surface area contributed by atoms with Gasteiger partial charge in [0.2, 0.25) is 0 Å². The average Bonchev–Trinajstić information content (AvgIpc) is 2.89. The largest absolute Gasteiger partial charge is 0.468 e. The molecule has 4 rings (SSSR count). The van der Waals surface area contributed by atoms with Gasteiger partial charge in [0.15, 0.2) is 0 Å². The predicted octanol–water partition coefficient (Wildman–Crippen LogP) is 5.20. The summed E-state index contributed by atoms with van der Waals surface area (Å²) in [5.41, 5.74) is 4.65. The van der Waals surface area contributed by atoms with Crippen LogP contribution in [0.1, 0.15) is 61.8 Å². The molecule has 1 aromatic carbocycles. The van der Waals surface area contributed by atoms with Gasteiger partial charge in [0, 0.05) is 30.4 Å². The van der Waals surface area contributed by atoms with Crippen LogP contribution in [0.3, 0.4) is 0 Å². The summed E-state index contributed by atoms with van der Waals surface area (Å²) in [6, 6.07) is 14.2. The van der Waals surface area contributed by atoms with Gasteiger partial charge in [-0.15, -0.1) is 0 Å². The van der Waals surface area contributed by atoms with E-state index in [1.165, 1.54) is 37.6 Å². The molecule has 0 bridgehead atoms. The van der Waals surface area contributed by atoms with Crippen LogP contribution in [0.25, 0.3) is 10.9 Å². The molecule has 2 N–H and O–H groups in total. The highest BCUT2D eigenvalue weighted by Crippen LogP contribution is 2.21. The number of rotatable bonds is 12. The lowest BCUT2D eigenvalue weighted by Gasteiger charge is -2.17. The van der Waals surface area contributed by atoms with Crippen molar-refractivity contribution in [2.24, 2.45) is 0 Å². The number of para-hydroxylation sites is 1. The molecule has 0 fully saturated rings. The highest BCUT2D eigenvalue weighted by atomic mass is 16.5. The minimum Gasteiger partial charge on any atom is -0.468 e. The Morgan fingerprint density at radius 1 is 1.09 bits per heavy atom. The lowest BCUT2D eigenvalue weighted by Crippen LogP contribution is -2.37. The zero-order valence-corrected chi connectivity index (χ0v) is 20.2. The lowest BCUT2D eigenvalue weighted by atomic mass is 10.0. The maximum absolute atomic E-state index is 12.3. The average molecular weight is 461 g/mol. The molecular weight excluding hydrogens is 424 g/mol. The number of unbranched alkanes of at least 4 members (excludes halogenated alkanes) is 4. The van der Waals surface area contributed by atoms with Crippen molar-refractivity contribution in [2.75, 3.05) is 19.0 Å². The SMILES string of the molecule is COC(=O)[C@H](CCCCCCCc1ccc2c(n1)NCCC2)NCc1ccnc2ccccc12. The minimum absolute atomic E-state index is 0.189. The number of fused-ring (bicyclic) bond motifs is 2. The van der Waals surface area contributed by atoms with Gasteiger partial charge in [0.1, 0.15) is 11.9 Å². The van der Waals surface area contributed by atoms with Gasteiger partial charge in [-0.05, 0) is 61.4 Å². The number of hydrogen-bond donors (Lipinski definition) is 2. The first-order chi connectivity index (χ1) is 16.7. The van der Waals surface area contributed by atoms with E-state index in [0.717, 1.165) is 67.4 Å². The number of aromatic nitrogens is 2. The van der Waals surface area contributed by atoms with Crippen molar-refractivity contribution < 1.29 is 9.53 Å². The summed E-state index contributed by atoms with van der Waals surface area (Å²) in [6.45, 7) is 1.65. The normalized spacial score (nSPS) is 13.8. The molecule has 180 valence electrons. The third-order valence-corrected chi connectivity index (χ3v) is 6.64. The number of ether oxygens (including phenoxy) is 1. The first kappa shape index (κ1) is 24.1. The molecular formula is C28H36N4O2. The number of benzene rings is 1. The van der Waals surface area contributed by atoms with Gasteiger partial charge >= 0.3 is 5.97 Å². The molecule has 6 heteroatoms. The van der Waals surface area contributed by atoms with Gasteiger partial charge in [0.05, 0.1) is 12.6 Å². The molecule has 1 atom stereocenters. The van der Waals surface area contributed by atoms with Crippen molar-refractivity contribution in [1.82, 2.24) is 15.3 Å². The molecule has 0 spiro atoms. The Bertz CT molecular complexity index is 1080. The Labute approximate surface area is 202 Å². The van der Waals surface area contributed by atoms with E-state index in [4.69, 9.17) is 9.72 Å². The molecule has 0 amide bonds. The monoisotopic (exact) mass is 460 g/mol. The van der Waals surface area contributed by atoms with Crippen LogP contribution in [0.15, 0.2) is 48.7 Å². The van der Waals surface area contributed by atoms with Crippen LogP contribution in [0, 0.1) is 0 Å². The first-order valence-corrected chi connectivity index (χ1v) is 12.6. The van der Waals surface area contributed by atoms with Crippen LogP contribution in [-0.2, 0) is 28.9 Å². The summed E-state index contributed by atoms with van der Waals surface area (Å²) in [5, 5.41) is 7.94. The van der Waals surface area contributed by atoms with Crippen LogP contribution >= 0.6 is 0 Å². The number of hydrogen-bond acceptors (Lipinski definition) is 6. The maximum atomic E-state index is 12.3. The van der Waals surface area contributed by atoms with Crippen molar-refractivity contribution in [3.8, 4) is 0 Å². The Morgan fingerprint density at radius 2 is 1.94 bits per heavy atom. The van der Waals surface area contributed by atoms with Crippen LogP contribution in [0.5, 0.6) is 0 Å². The minimum atomic E-state index is -0.288. The molecule has 6 nitrogen and oxygen atoms in total. The number of aryl methyl sites for hydroxylation is 2. The molecule has 0 saturated carbocycles. The van der Waals surface area contributed by atoms with Crippen molar-refractivity contribution >= 4 is 22.7 Å². The zero-order valence-electron chi connectivity index (χ0n) is 20.2. The molecule has 0 unspecified atom stereocenters. The zero-order chi connectivity index (χ0) is 23.6. The summed E-state index contributed by atoms with van der Waals surface area (Å²) in [6.07, 6.45) is 11.6. The lowest BCUT2D eigenvalue weighted by molar-refractivity contribution is -0.143. The molecule has 3 aromatic rings. The van der Waals surface area contributed by atoms with Gasteiger partial charge < -0.3 is 15.4 Å². The highest BCUT2D eigenvalue weighted by molar-refractivity contribution is 5.82. The number of anilines is 1. The summed E-state index contributed by atoms with van der Waals surface area (Å²) >= 11 is 0. The van der Waals surface area contributed by atoms with Gasteiger partial charge in [-0.25, -0.2) is 4.98 Å². The van der Waals surface area contributed by atoms with Crippen LogP contribution in [0.4, 0.5) is 5.82 Å². The smallest absolute Gasteiger partial charge is 0.322 e. The quantitative estimate of drug-likeness (QED) is 0.286. The Kier molecular flexibility index (Phi) is 8.85. The van der Waals surface area contributed by atoms with E-state index in [0.29, 0.717) is 6.54 Å². The molecule has 3 heterocycles. The predicted molar refractivity (Wildman–Crippen MR) is 137 cm³/mol. The van der Waals surface area contributed by atoms with E-state index in [2.05, 4.69) is 33.8 Å². The number of methoxy groups -OCH3 is 1. The molecule has 0 aliphatic carbocycles. The van der Waals surface area contributed by atoms with E-state index < -0.39 is 0 Å². The number of carbonyl (C=O) groups is 1.